The van der Waals surface area contributed by atoms with E-state index in [1.54, 1.807) is 6.92 Å². The van der Waals surface area contributed by atoms with Crippen LogP contribution >= 0.6 is 0 Å². The summed E-state index contributed by atoms with van der Waals surface area (Å²) in [6.07, 6.45) is -3.96. The summed E-state index contributed by atoms with van der Waals surface area (Å²) in [5.74, 6) is 0. The Hall–Kier alpha value is -1.04. The number of hydrogen-bond acceptors (Lipinski definition) is 2. The van der Waals surface area contributed by atoms with Crippen LogP contribution in [0.15, 0.2) is 6.07 Å². The lowest BCUT2D eigenvalue weighted by molar-refractivity contribution is -0.141. The average molecular weight is 207 g/mol. The van der Waals surface area contributed by atoms with Crippen LogP contribution in [0.4, 0.5) is 13.2 Å². The van der Waals surface area contributed by atoms with E-state index in [9.17, 15) is 13.2 Å². The second kappa shape index (κ2) is 4.00. The molecule has 0 aliphatic heterocycles. The van der Waals surface area contributed by atoms with Crippen molar-refractivity contribution in [1.29, 1.82) is 0 Å². The number of nitrogens with two attached hydrogens (primary N) is 1. The highest BCUT2D eigenvalue weighted by Crippen LogP contribution is 2.28. The molecular weight excluding hydrogens is 195 g/mol. The largest absolute Gasteiger partial charge is 0.435 e. The van der Waals surface area contributed by atoms with Gasteiger partial charge >= 0.3 is 6.18 Å². The zero-order valence-electron chi connectivity index (χ0n) is 7.80. The van der Waals surface area contributed by atoms with Gasteiger partial charge in [-0.15, -0.1) is 0 Å². The Morgan fingerprint density at radius 1 is 1.50 bits per heavy atom. The predicted octanol–water partition coefficient (Wildman–Crippen LogP) is 1.42. The van der Waals surface area contributed by atoms with Crippen LogP contribution in [0, 0.1) is 0 Å². The first kappa shape index (κ1) is 11.0. The van der Waals surface area contributed by atoms with Crippen LogP contribution in [0.2, 0.25) is 0 Å². The first-order chi connectivity index (χ1) is 6.49. The fourth-order valence-corrected chi connectivity index (χ4v) is 1.22. The summed E-state index contributed by atoms with van der Waals surface area (Å²) >= 11 is 0. The summed E-state index contributed by atoms with van der Waals surface area (Å²) in [7, 11) is 0. The molecule has 6 heteroatoms. The number of aryl methyl sites for hydroxylation is 1. The molecule has 0 saturated heterocycles. The first-order valence-electron chi connectivity index (χ1n) is 4.33. The molecule has 1 rings (SSSR count). The maximum atomic E-state index is 12.3. The normalized spacial score (nSPS) is 12.1. The van der Waals surface area contributed by atoms with Gasteiger partial charge in [0, 0.05) is 18.7 Å². The minimum Gasteiger partial charge on any atom is -0.330 e. The monoisotopic (exact) mass is 207 g/mol. The highest BCUT2D eigenvalue weighted by atomic mass is 19.4. The standard InChI is InChI=1S/C8H12F3N3/c1-2-14-6(3-4-12)5-7(13-14)8(9,10)11/h5H,2-4,12H2,1H3. The summed E-state index contributed by atoms with van der Waals surface area (Å²) in [4.78, 5) is 0. The second-order valence-corrected chi connectivity index (χ2v) is 2.87. The van der Waals surface area contributed by atoms with Crippen molar-refractivity contribution in [3.63, 3.8) is 0 Å². The minimum absolute atomic E-state index is 0.322. The number of nitrogens with zero attached hydrogens (tertiary/aromatic N) is 2. The van der Waals surface area contributed by atoms with Gasteiger partial charge in [-0.25, -0.2) is 0 Å². The van der Waals surface area contributed by atoms with Gasteiger partial charge in [0.05, 0.1) is 0 Å². The summed E-state index contributed by atoms with van der Waals surface area (Å²) < 4.78 is 38.1. The van der Waals surface area contributed by atoms with Gasteiger partial charge in [0.2, 0.25) is 0 Å². The number of halogens is 3. The van der Waals surface area contributed by atoms with Gasteiger partial charge in [-0.2, -0.15) is 18.3 Å². The first-order valence-corrected chi connectivity index (χ1v) is 4.33. The third kappa shape index (κ3) is 2.25. The van der Waals surface area contributed by atoms with Crippen LogP contribution in [-0.2, 0) is 19.1 Å². The van der Waals surface area contributed by atoms with Crippen LogP contribution in [-0.4, -0.2) is 16.3 Å². The molecule has 80 valence electrons. The van der Waals surface area contributed by atoms with Gasteiger partial charge < -0.3 is 5.73 Å². The summed E-state index contributed by atoms with van der Waals surface area (Å²) in [6, 6.07) is 1.05. The fourth-order valence-electron chi connectivity index (χ4n) is 1.22. The van der Waals surface area contributed by atoms with Gasteiger partial charge in [-0.1, -0.05) is 0 Å². The lowest BCUT2D eigenvalue weighted by Gasteiger charge is -2.01. The van der Waals surface area contributed by atoms with Crippen LogP contribution in [0.5, 0.6) is 0 Å². The fraction of sp³-hybridized carbons (Fsp3) is 0.625. The van der Waals surface area contributed by atoms with Crippen LogP contribution in [0.1, 0.15) is 18.3 Å². The Labute approximate surface area is 79.7 Å². The molecule has 0 radical (unpaired) electrons. The highest BCUT2D eigenvalue weighted by Gasteiger charge is 2.34. The molecule has 2 N–H and O–H groups in total. The summed E-state index contributed by atoms with van der Waals surface area (Å²) in [5.41, 5.74) is 4.97. The zero-order chi connectivity index (χ0) is 10.8. The number of rotatable bonds is 3. The van der Waals surface area contributed by atoms with Gasteiger partial charge in [0.1, 0.15) is 0 Å². The summed E-state index contributed by atoms with van der Waals surface area (Å²) in [5, 5.41) is 3.45. The van der Waals surface area contributed by atoms with Crippen molar-refractivity contribution in [1.82, 2.24) is 9.78 Å². The molecule has 14 heavy (non-hydrogen) atoms. The lowest BCUT2D eigenvalue weighted by atomic mass is 10.3. The number of hydrogen-bond donors (Lipinski definition) is 1. The molecule has 0 saturated carbocycles. The smallest absolute Gasteiger partial charge is 0.330 e. The number of alkyl halides is 3. The van der Waals surface area contributed by atoms with Crippen LogP contribution in [0.25, 0.3) is 0 Å². The molecule has 0 fully saturated rings. The second-order valence-electron chi connectivity index (χ2n) is 2.87. The predicted molar refractivity (Wildman–Crippen MR) is 45.7 cm³/mol. The third-order valence-corrected chi connectivity index (χ3v) is 1.85. The molecule has 0 unspecified atom stereocenters. The molecule has 0 aliphatic rings. The van der Waals surface area contributed by atoms with E-state index in [0.717, 1.165) is 6.07 Å². The van der Waals surface area contributed by atoms with Crippen molar-refractivity contribution in [3.05, 3.63) is 17.5 Å². The van der Waals surface area contributed by atoms with E-state index >= 15 is 0 Å². The maximum Gasteiger partial charge on any atom is 0.435 e. The Balaban J connectivity index is 3.00. The van der Waals surface area contributed by atoms with Gasteiger partial charge in [-0.3, -0.25) is 4.68 Å². The molecule has 0 atom stereocenters. The zero-order valence-corrected chi connectivity index (χ0v) is 7.80. The van der Waals surface area contributed by atoms with Crippen LogP contribution < -0.4 is 5.73 Å². The Morgan fingerprint density at radius 2 is 2.14 bits per heavy atom. The molecule has 0 spiro atoms. The Bertz CT molecular complexity index is 303. The molecule has 0 bridgehead atoms. The molecule has 0 aliphatic carbocycles. The van der Waals surface area contributed by atoms with E-state index in [4.69, 9.17) is 5.73 Å². The van der Waals surface area contributed by atoms with Crippen molar-refractivity contribution in [2.24, 2.45) is 5.73 Å². The van der Waals surface area contributed by atoms with E-state index in [0.29, 0.717) is 25.2 Å². The lowest BCUT2D eigenvalue weighted by Crippen LogP contribution is -2.09. The van der Waals surface area contributed by atoms with E-state index in [1.807, 2.05) is 0 Å². The van der Waals surface area contributed by atoms with Crippen LogP contribution in [0.3, 0.4) is 0 Å². The molecule has 1 heterocycles. The average Bonchev–Trinajstić information content (AvgIpc) is 2.47. The topological polar surface area (TPSA) is 43.8 Å². The van der Waals surface area contributed by atoms with Crippen molar-refractivity contribution >= 4 is 0 Å². The van der Waals surface area contributed by atoms with E-state index < -0.39 is 11.9 Å². The molecule has 0 amide bonds. The molecule has 1 aromatic heterocycles. The van der Waals surface area contributed by atoms with E-state index in [-0.39, 0.29) is 0 Å². The van der Waals surface area contributed by atoms with Crippen molar-refractivity contribution in [3.8, 4) is 0 Å². The van der Waals surface area contributed by atoms with Gasteiger partial charge in [0.15, 0.2) is 5.69 Å². The number of aromatic nitrogens is 2. The Morgan fingerprint density at radius 3 is 2.57 bits per heavy atom. The maximum absolute atomic E-state index is 12.3. The van der Waals surface area contributed by atoms with E-state index in [2.05, 4.69) is 5.10 Å². The molecule has 1 aromatic rings. The minimum atomic E-state index is -4.37. The Kier molecular flexibility index (Phi) is 3.15. The van der Waals surface area contributed by atoms with Gasteiger partial charge in [0.25, 0.3) is 0 Å². The van der Waals surface area contributed by atoms with Crippen molar-refractivity contribution < 1.29 is 13.2 Å². The van der Waals surface area contributed by atoms with E-state index in [1.165, 1.54) is 4.68 Å². The van der Waals surface area contributed by atoms with Crippen molar-refractivity contribution in [2.45, 2.75) is 26.1 Å². The third-order valence-electron chi connectivity index (χ3n) is 1.85. The molecule has 0 aromatic carbocycles. The molecule has 3 nitrogen and oxygen atoms in total. The van der Waals surface area contributed by atoms with Crippen molar-refractivity contribution in [2.75, 3.05) is 6.54 Å². The quantitative estimate of drug-likeness (QED) is 0.814. The highest BCUT2D eigenvalue weighted by molar-refractivity contribution is 5.13. The van der Waals surface area contributed by atoms with Gasteiger partial charge in [-0.05, 0) is 19.5 Å². The summed E-state index contributed by atoms with van der Waals surface area (Å²) in [6.45, 7) is 2.49. The molecular formula is C8H12F3N3. The SMILES string of the molecule is CCn1nc(C(F)(F)F)cc1CCN.